The van der Waals surface area contributed by atoms with E-state index in [-0.39, 0.29) is 11.4 Å². The van der Waals surface area contributed by atoms with E-state index in [9.17, 15) is 4.39 Å². The zero-order valence-electron chi connectivity index (χ0n) is 12.0. The van der Waals surface area contributed by atoms with Gasteiger partial charge in [0.2, 0.25) is 0 Å². The maximum atomic E-state index is 14.1. The summed E-state index contributed by atoms with van der Waals surface area (Å²) < 4.78 is 14.1. The van der Waals surface area contributed by atoms with Crippen molar-refractivity contribution in [2.45, 2.75) is 25.3 Å². The predicted octanol–water partition coefficient (Wildman–Crippen LogP) is 1.59. The van der Waals surface area contributed by atoms with Gasteiger partial charge >= 0.3 is 0 Å². The molecule has 1 atom stereocenters. The van der Waals surface area contributed by atoms with Crippen LogP contribution >= 0.6 is 0 Å². The third-order valence-corrected chi connectivity index (χ3v) is 4.53. The Morgan fingerprint density at radius 2 is 2.14 bits per heavy atom. The molecule has 21 heavy (non-hydrogen) atoms. The Bertz CT molecular complexity index is 548. The van der Waals surface area contributed by atoms with Crippen molar-refractivity contribution >= 4 is 11.5 Å². The number of anilines is 1. The van der Waals surface area contributed by atoms with Gasteiger partial charge < -0.3 is 15.8 Å². The minimum absolute atomic E-state index is 0.172. The number of fused-ring (bicyclic) bond motifs is 1. The second kappa shape index (κ2) is 5.89. The molecule has 3 rings (SSSR count). The molecule has 1 aromatic carbocycles. The molecule has 0 saturated carbocycles. The van der Waals surface area contributed by atoms with Gasteiger partial charge in [-0.1, -0.05) is 17.6 Å². The second-order valence-electron chi connectivity index (χ2n) is 5.75. The van der Waals surface area contributed by atoms with Crippen molar-refractivity contribution in [1.82, 2.24) is 4.90 Å². The van der Waals surface area contributed by atoms with Gasteiger partial charge in [-0.05, 0) is 31.5 Å². The van der Waals surface area contributed by atoms with Crippen molar-refractivity contribution in [1.29, 1.82) is 0 Å². The Morgan fingerprint density at radius 3 is 2.95 bits per heavy atom. The summed E-state index contributed by atoms with van der Waals surface area (Å²) in [5.41, 5.74) is 6.57. The van der Waals surface area contributed by atoms with E-state index in [1.54, 1.807) is 6.07 Å². The van der Waals surface area contributed by atoms with E-state index in [1.807, 2.05) is 6.07 Å². The molecule has 0 aliphatic carbocycles. The first kappa shape index (κ1) is 14.1. The zero-order chi connectivity index (χ0) is 14.8. The molecular formula is C15H21FN4O. The van der Waals surface area contributed by atoms with E-state index >= 15 is 0 Å². The molecular weight excluding hydrogens is 271 g/mol. The zero-order valence-corrected chi connectivity index (χ0v) is 12.0. The molecule has 2 saturated heterocycles. The van der Waals surface area contributed by atoms with E-state index in [0.29, 0.717) is 6.04 Å². The number of rotatable bonds is 2. The van der Waals surface area contributed by atoms with Crippen molar-refractivity contribution in [2.24, 2.45) is 10.9 Å². The number of hydrogen-bond acceptors (Lipinski definition) is 4. The van der Waals surface area contributed by atoms with Crippen molar-refractivity contribution < 1.29 is 9.60 Å². The van der Waals surface area contributed by atoms with Crippen molar-refractivity contribution in [2.75, 3.05) is 31.1 Å². The average molecular weight is 292 g/mol. The van der Waals surface area contributed by atoms with E-state index < -0.39 is 5.82 Å². The summed E-state index contributed by atoms with van der Waals surface area (Å²) in [5.74, 6) is -0.622. The van der Waals surface area contributed by atoms with Crippen molar-refractivity contribution in [3.05, 3.63) is 29.6 Å². The fourth-order valence-corrected chi connectivity index (χ4v) is 3.45. The van der Waals surface area contributed by atoms with Crippen LogP contribution in [0, 0.1) is 5.82 Å². The molecule has 0 spiro atoms. The molecule has 6 heteroatoms. The molecule has 5 nitrogen and oxygen atoms in total. The molecule has 2 heterocycles. The van der Waals surface area contributed by atoms with Gasteiger partial charge in [-0.2, -0.15) is 0 Å². The van der Waals surface area contributed by atoms with Gasteiger partial charge in [0, 0.05) is 25.7 Å². The molecule has 2 aliphatic rings. The maximum absolute atomic E-state index is 14.1. The number of halogens is 1. The number of nitrogens with two attached hydrogens (primary N) is 1. The van der Waals surface area contributed by atoms with Crippen LogP contribution in [0.3, 0.4) is 0 Å². The fourth-order valence-electron chi connectivity index (χ4n) is 3.45. The van der Waals surface area contributed by atoms with Crippen LogP contribution in [-0.2, 0) is 0 Å². The number of amidine groups is 1. The number of piperazine rings is 1. The summed E-state index contributed by atoms with van der Waals surface area (Å²) >= 11 is 0. The third kappa shape index (κ3) is 2.68. The van der Waals surface area contributed by atoms with E-state index in [1.165, 1.54) is 25.3 Å². The monoisotopic (exact) mass is 292 g/mol. The second-order valence-corrected chi connectivity index (χ2v) is 5.75. The smallest absolute Gasteiger partial charge is 0.175 e. The lowest BCUT2D eigenvalue weighted by Gasteiger charge is -2.45. The number of piperidine rings is 1. The first-order valence-corrected chi connectivity index (χ1v) is 7.46. The van der Waals surface area contributed by atoms with Crippen molar-refractivity contribution in [3.8, 4) is 0 Å². The standard InChI is InChI=1S/C15H21FN4O/c16-12-5-3-6-13(14(12)15(17)18-21)20-9-8-19-7-2-1-4-11(19)10-20/h3,5-6,11,21H,1-2,4,7-10H2,(H2,17,18). The molecule has 0 aromatic heterocycles. The number of nitrogens with zero attached hydrogens (tertiary/aromatic N) is 3. The van der Waals surface area contributed by atoms with Gasteiger partial charge in [-0.25, -0.2) is 4.39 Å². The lowest BCUT2D eigenvalue weighted by Crippen LogP contribution is -2.55. The van der Waals surface area contributed by atoms with Gasteiger partial charge in [0.25, 0.3) is 0 Å². The SMILES string of the molecule is N/C(=N/O)c1c(F)cccc1N1CCN2CCCCC2C1. The number of benzene rings is 1. The molecule has 1 aromatic rings. The Balaban J connectivity index is 1.89. The van der Waals surface area contributed by atoms with Crippen LogP contribution in [0.4, 0.5) is 10.1 Å². The van der Waals surface area contributed by atoms with E-state index in [0.717, 1.165) is 31.9 Å². The molecule has 2 fully saturated rings. The van der Waals surface area contributed by atoms with Crippen molar-refractivity contribution in [3.63, 3.8) is 0 Å². The molecule has 0 bridgehead atoms. The summed E-state index contributed by atoms with van der Waals surface area (Å²) in [6.45, 7) is 3.85. The van der Waals surface area contributed by atoms with Crippen LogP contribution in [-0.4, -0.2) is 48.2 Å². The Labute approximate surface area is 123 Å². The first-order valence-electron chi connectivity index (χ1n) is 7.46. The molecule has 3 N–H and O–H groups in total. The first-order chi connectivity index (χ1) is 10.2. The normalized spacial score (nSPS) is 24.0. The number of oxime groups is 1. The summed E-state index contributed by atoms with van der Waals surface area (Å²) in [7, 11) is 0. The minimum atomic E-state index is -0.450. The largest absolute Gasteiger partial charge is 0.409 e. The van der Waals surface area contributed by atoms with Gasteiger partial charge in [0.1, 0.15) is 5.82 Å². The van der Waals surface area contributed by atoms with Gasteiger partial charge in [0.05, 0.1) is 11.3 Å². The van der Waals surface area contributed by atoms with Crippen LogP contribution in [0.2, 0.25) is 0 Å². The van der Waals surface area contributed by atoms with Crippen LogP contribution in [0.15, 0.2) is 23.4 Å². The molecule has 0 radical (unpaired) electrons. The average Bonchev–Trinajstić information content (AvgIpc) is 2.53. The van der Waals surface area contributed by atoms with Crippen LogP contribution < -0.4 is 10.6 Å². The van der Waals surface area contributed by atoms with E-state index in [2.05, 4.69) is 15.0 Å². The Kier molecular flexibility index (Phi) is 3.96. The lowest BCUT2D eigenvalue weighted by atomic mass is 9.98. The maximum Gasteiger partial charge on any atom is 0.175 e. The fraction of sp³-hybridized carbons (Fsp3) is 0.533. The lowest BCUT2D eigenvalue weighted by molar-refractivity contribution is 0.133. The topological polar surface area (TPSA) is 65.1 Å². The van der Waals surface area contributed by atoms with Gasteiger partial charge in [0.15, 0.2) is 5.84 Å². The van der Waals surface area contributed by atoms with Crippen LogP contribution in [0.25, 0.3) is 0 Å². The molecule has 114 valence electrons. The summed E-state index contributed by atoms with van der Waals surface area (Å²) in [5, 5.41) is 11.9. The summed E-state index contributed by atoms with van der Waals surface area (Å²) in [4.78, 5) is 4.67. The number of hydrogen-bond donors (Lipinski definition) is 2. The van der Waals surface area contributed by atoms with Crippen LogP contribution in [0.5, 0.6) is 0 Å². The van der Waals surface area contributed by atoms with Crippen LogP contribution in [0.1, 0.15) is 24.8 Å². The van der Waals surface area contributed by atoms with Gasteiger partial charge in [-0.3, -0.25) is 4.90 Å². The highest BCUT2D eigenvalue weighted by molar-refractivity contribution is 6.02. The highest BCUT2D eigenvalue weighted by Crippen LogP contribution is 2.28. The van der Waals surface area contributed by atoms with E-state index in [4.69, 9.17) is 10.9 Å². The quantitative estimate of drug-likeness (QED) is 0.376. The highest BCUT2D eigenvalue weighted by atomic mass is 19.1. The van der Waals surface area contributed by atoms with Gasteiger partial charge in [-0.15, -0.1) is 0 Å². The molecule has 0 amide bonds. The Morgan fingerprint density at radius 1 is 1.29 bits per heavy atom. The highest BCUT2D eigenvalue weighted by Gasteiger charge is 2.30. The third-order valence-electron chi connectivity index (χ3n) is 4.53. The molecule has 2 aliphatic heterocycles. The summed E-state index contributed by atoms with van der Waals surface area (Å²) in [6.07, 6.45) is 3.71. The Hall–Kier alpha value is -1.82. The molecule has 1 unspecified atom stereocenters. The predicted molar refractivity (Wildman–Crippen MR) is 80.3 cm³/mol. The summed E-state index contributed by atoms with van der Waals surface area (Å²) in [6, 6.07) is 5.38. The minimum Gasteiger partial charge on any atom is -0.409 e.